The molecule has 1 aliphatic heterocycles. The zero-order chi connectivity index (χ0) is 7.68. The van der Waals surface area contributed by atoms with E-state index in [2.05, 4.69) is 35.6 Å². The van der Waals surface area contributed by atoms with Crippen LogP contribution in [0.15, 0.2) is 33.6 Å². The van der Waals surface area contributed by atoms with E-state index in [0.717, 1.165) is 6.42 Å². The van der Waals surface area contributed by atoms with Gasteiger partial charge in [0.1, 0.15) is 0 Å². The van der Waals surface area contributed by atoms with Crippen LogP contribution < -0.4 is 0 Å². The summed E-state index contributed by atoms with van der Waals surface area (Å²) in [5.41, 5.74) is 2.62. The van der Waals surface area contributed by atoms with Crippen LogP contribution in [0.3, 0.4) is 0 Å². The Bertz CT molecular complexity index is 304. The first kappa shape index (κ1) is 6.92. The van der Waals surface area contributed by atoms with E-state index in [-0.39, 0.29) is 0 Å². The number of rotatable bonds is 0. The van der Waals surface area contributed by atoms with E-state index in [1.165, 1.54) is 16.2 Å². The highest BCUT2D eigenvalue weighted by atomic mass is 32.2. The highest BCUT2D eigenvalue weighted by Crippen LogP contribution is 2.28. The zero-order valence-electron chi connectivity index (χ0n) is 6.37. The third-order valence-corrected chi connectivity index (χ3v) is 2.72. The van der Waals surface area contributed by atoms with Crippen molar-refractivity contribution in [2.75, 3.05) is 0 Å². The molecule has 0 unspecified atom stereocenters. The molecule has 0 amide bonds. The summed E-state index contributed by atoms with van der Waals surface area (Å²) >= 11 is 1.58. The van der Waals surface area contributed by atoms with Crippen molar-refractivity contribution in [1.29, 1.82) is 0 Å². The second-order valence-corrected chi connectivity index (χ2v) is 3.51. The predicted molar refractivity (Wildman–Crippen MR) is 49.1 cm³/mol. The molecule has 1 aromatic carbocycles. The zero-order valence-corrected chi connectivity index (χ0v) is 7.19. The molecule has 1 aromatic rings. The second kappa shape index (κ2) is 2.70. The van der Waals surface area contributed by atoms with Gasteiger partial charge < -0.3 is 0 Å². The van der Waals surface area contributed by atoms with Crippen LogP contribution in [0.2, 0.25) is 0 Å². The average Bonchev–Trinajstić information content (AvgIpc) is 2.04. The Labute approximate surface area is 70.7 Å². The second-order valence-electron chi connectivity index (χ2n) is 2.70. The molecule has 11 heavy (non-hydrogen) atoms. The number of hydrogen-bond acceptors (Lipinski definition) is 2. The Balaban J connectivity index is 2.42. The van der Waals surface area contributed by atoms with Crippen LogP contribution in [-0.4, -0.2) is 5.71 Å². The lowest BCUT2D eigenvalue weighted by Gasteiger charge is -2.11. The summed E-state index contributed by atoms with van der Waals surface area (Å²) in [5, 5.41) is 0. The van der Waals surface area contributed by atoms with Gasteiger partial charge in [0.05, 0.1) is 0 Å². The van der Waals surface area contributed by atoms with Gasteiger partial charge in [-0.3, -0.25) is 0 Å². The van der Waals surface area contributed by atoms with Crippen molar-refractivity contribution in [3.63, 3.8) is 0 Å². The lowest BCUT2D eigenvalue weighted by molar-refractivity contribution is 1.19. The molecule has 0 aromatic heterocycles. The van der Waals surface area contributed by atoms with E-state index in [9.17, 15) is 0 Å². The monoisotopic (exact) mass is 163 g/mol. The van der Waals surface area contributed by atoms with Crippen LogP contribution in [0.25, 0.3) is 0 Å². The summed E-state index contributed by atoms with van der Waals surface area (Å²) in [7, 11) is 0. The van der Waals surface area contributed by atoms with Crippen LogP contribution in [0.1, 0.15) is 12.5 Å². The molecule has 0 radical (unpaired) electrons. The Kier molecular flexibility index (Phi) is 1.70. The maximum Gasteiger partial charge on any atom is 0.0341 e. The highest BCUT2D eigenvalue weighted by molar-refractivity contribution is 7.98. The van der Waals surface area contributed by atoms with E-state index in [1.54, 1.807) is 11.9 Å². The molecule has 56 valence electrons. The molecule has 0 spiro atoms. The van der Waals surface area contributed by atoms with E-state index < -0.39 is 0 Å². The van der Waals surface area contributed by atoms with Crippen molar-refractivity contribution in [3.8, 4) is 0 Å². The van der Waals surface area contributed by atoms with Crippen molar-refractivity contribution in [3.05, 3.63) is 29.8 Å². The van der Waals surface area contributed by atoms with Crippen LogP contribution in [0, 0.1) is 0 Å². The normalized spacial score (nSPS) is 15.5. The van der Waals surface area contributed by atoms with Crippen molar-refractivity contribution in [2.45, 2.75) is 18.2 Å². The molecule has 2 rings (SSSR count). The first-order chi connectivity index (χ1) is 5.36. The van der Waals surface area contributed by atoms with Crippen molar-refractivity contribution in [1.82, 2.24) is 0 Å². The first-order valence-corrected chi connectivity index (χ1v) is 4.42. The highest BCUT2D eigenvalue weighted by Gasteiger charge is 2.08. The SMILES string of the molecule is CC1=NSc2ccccc2C1. The maximum absolute atomic E-state index is 4.30. The topological polar surface area (TPSA) is 12.4 Å². The van der Waals surface area contributed by atoms with Crippen LogP contribution in [-0.2, 0) is 6.42 Å². The van der Waals surface area contributed by atoms with Gasteiger partial charge in [-0.25, -0.2) is 4.40 Å². The molecular formula is C9H9NS. The van der Waals surface area contributed by atoms with Crippen LogP contribution in [0.5, 0.6) is 0 Å². The summed E-state index contributed by atoms with van der Waals surface area (Å²) < 4.78 is 4.30. The van der Waals surface area contributed by atoms with Gasteiger partial charge >= 0.3 is 0 Å². The van der Waals surface area contributed by atoms with Gasteiger partial charge in [-0.05, 0) is 18.6 Å². The van der Waals surface area contributed by atoms with E-state index in [1.807, 2.05) is 0 Å². The Morgan fingerprint density at radius 3 is 3.09 bits per heavy atom. The number of nitrogens with zero attached hydrogens (tertiary/aromatic N) is 1. The Hall–Kier alpha value is -0.760. The Morgan fingerprint density at radius 2 is 2.18 bits per heavy atom. The summed E-state index contributed by atoms with van der Waals surface area (Å²) in [6.07, 6.45) is 1.02. The van der Waals surface area contributed by atoms with Crippen molar-refractivity contribution < 1.29 is 0 Å². The maximum atomic E-state index is 4.30. The fourth-order valence-corrected chi connectivity index (χ4v) is 1.89. The molecule has 2 heteroatoms. The minimum Gasteiger partial charge on any atom is -0.220 e. The number of fused-ring (bicyclic) bond motifs is 1. The molecule has 0 fully saturated rings. The van der Waals surface area contributed by atoms with Gasteiger partial charge in [0.25, 0.3) is 0 Å². The van der Waals surface area contributed by atoms with Gasteiger partial charge in [-0.1, -0.05) is 18.2 Å². The minimum absolute atomic E-state index is 1.02. The van der Waals surface area contributed by atoms with E-state index in [4.69, 9.17) is 0 Å². The lowest BCUT2D eigenvalue weighted by Crippen LogP contribution is -2.01. The van der Waals surface area contributed by atoms with Crippen LogP contribution in [0.4, 0.5) is 0 Å². The van der Waals surface area contributed by atoms with Crippen molar-refractivity contribution in [2.24, 2.45) is 4.40 Å². The molecule has 1 aliphatic rings. The molecule has 0 saturated carbocycles. The Morgan fingerprint density at radius 1 is 1.36 bits per heavy atom. The minimum atomic E-state index is 1.02. The number of benzene rings is 1. The lowest BCUT2D eigenvalue weighted by atomic mass is 10.1. The molecule has 1 nitrogen and oxygen atoms in total. The van der Waals surface area contributed by atoms with E-state index in [0.29, 0.717) is 0 Å². The predicted octanol–water partition coefficient (Wildman–Crippen LogP) is 2.71. The van der Waals surface area contributed by atoms with Gasteiger partial charge in [-0.15, -0.1) is 0 Å². The molecule has 1 heterocycles. The quantitative estimate of drug-likeness (QED) is 0.536. The largest absolute Gasteiger partial charge is 0.220 e. The summed E-state index contributed by atoms with van der Waals surface area (Å²) in [4.78, 5) is 1.30. The molecule has 0 saturated heterocycles. The molecule has 0 bridgehead atoms. The third-order valence-electron chi connectivity index (χ3n) is 1.72. The van der Waals surface area contributed by atoms with Gasteiger partial charge in [-0.2, -0.15) is 0 Å². The molecule has 0 atom stereocenters. The standard InChI is InChI=1S/C9H9NS/c1-7-6-8-4-2-3-5-9(8)11-10-7/h2-5H,6H2,1H3. The van der Waals surface area contributed by atoms with E-state index >= 15 is 0 Å². The van der Waals surface area contributed by atoms with Gasteiger partial charge in [0.2, 0.25) is 0 Å². The number of hydrogen-bond donors (Lipinski definition) is 0. The first-order valence-electron chi connectivity index (χ1n) is 3.64. The average molecular weight is 163 g/mol. The van der Waals surface area contributed by atoms with Crippen LogP contribution >= 0.6 is 11.9 Å². The van der Waals surface area contributed by atoms with Crippen molar-refractivity contribution >= 4 is 17.7 Å². The summed E-state index contributed by atoms with van der Waals surface area (Å²) in [5.74, 6) is 0. The van der Waals surface area contributed by atoms with Gasteiger partial charge in [0.15, 0.2) is 0 Å². The van der Waals surface area contributed by atoms with Gasteiger partial charge in [0, 0.05) is 29.0 Å². The molecule has 0 aliphatic carbocycles. The molecular weight excluding hydrogens is 154 g/mol. The summed E-state index contributed by atoms with van der Waals surface area (Å²) in [6.45, 7) is 2.07. The third kappa shape index (κ3) is 1.31. The fourth-order valence-electron chi connectivity index (χ4n) is 1.17. The summed E-state index contributed by atoms with van der Waals surface area (Å²) in [6, 6.07) is 8.43. The smallest absolute Gasteiger partial charge is 0.0341 e. The molecule has 0 N–H and O–H groups in total. The fraction of sp³-hybridized carbons (Fsp3) is 0.222.